The molecule has 0 saturated carbocycles. The molecule has 2 N–H and O–H groups in total. The molecule has 6 heteroatoms. The lowest BCUT2D eigenvalue weighted by Gasteiger charge is -2.29. The molecule has 6 nitrogen and oxygen atoms in total. The second-order valence-corrected chi connectivity index (χ2v) is 7.59. The number of hydrogen-bond acceptors (Lipinski definition) is 4. The summed E-state index contributed by atoms with van der Waals surface area (Å²) in [6, 6.07) is 13.0. The molecule has 2 atom stereocenters. The van der Waals surface area contributed by atoms with E-state index in [-0.39, 0.29) is 29.5 Å². The van der Waals surface area contributed by atoms with Crippen molar-refractivity contribution in [2.75, 3.05) is 19.6 Å². The largest absolute Gasteiger partial charge is 0.459 e. The summed E-state index contributed by atoms with van der Waals surface area (Å²) in [5.74, 6) is -0.383. The fourth-order valence-corrected chi connectivity index (χ4v) is 3.65. The van der Waals surface area contributed by atoms with Crippen LogP contribution < -0.4 is 10.6 Å². The molecule has 0 bridgehead atoms. The molecule has 1 aromatic carbocycles. The van der Waals surface area contributed by atoms with Crippen molar-refractivity contribution >= 4 is 11.8 Å². The van der Waals surface area contributed by atoms with Gasteiger partial charge in [0.25, 0.3) is 5.91 Å². The van der Waals surface area contributed by atoms with E-state index in [0.717, 1.165) is 13.1 Å². The first-order valence-corrected chi connectivity index (χ1v) is 9.97. The Morgan fingerprint density at radius 2 is 1.79 bits per heavy atom. The van der Waals surface area contributed by atoms with Crippen LogP contribution in [0.4, 0.5) is 0 Å². The van der Waals surface area contributed by atoms with E-state index >= 15 is 0 Å². The molecule has 1 fully saturated rings. The molecule has 1 aliphatic heterocycles. The second kappa shape index (κ2) is 9.55. The number of nitrogens with one attached hydrogen (secondary N) is 2. The van der Waals surface area contributed by atoms with Gasteiger partial charge in [-0.3, -0.25) is 14.5 Å². The Kier molecular flexibility index (Phi) is 6.87. The number of rotatable bonds is 8. The first kappa shape index (κ1) is 20.1. The van der Waals surface area contributed by atoms with Gasteiger partial charge in [-0.15, -0.1) is 0 Å². The monoisotopic (exact) mass is 383 g/mol. The highest BCUT2D eigenvalue weighted by Gasteiger charge is 2.28. The van der Waals surface area contributed by atoms with Gasteiger partial charge in [0.15, 0.2) is 5.76 Å². The van der Waals surface area contributed by atoms with Crippen molar-refractivity contribution in [2.45, 2.75) is 38.8 Å². The van der Waals surface area contributed by atoms with Crippen LogP contribution in [0, 0.1) is 5.92 Å². The highest BCUT2D eigenvalue weighted by molar-refractivity contribution is 5.95. The summed E-state index contributed by atoms with van der Waals surface area (Å²) in [5.41, 5.74) is 1.20. The van der Waals surface area contributed by atoms with Gasteiger partial charge in [0.1, 0.15) is 6.04 Å². The summed E-state index contributed by atoms with van der Waals surface area (Å²) >= 11 is 0. The number of carbonyl (C=O) groups excluding carboxylic acids is 2. The van der Waals surface area contributed by atoms with Gasteiger partial charge in [-0.05, 0) is 49.5 Å². The quantitative estimate of drug-likeness (QED) is 0.735. The fourth-order valence-electron chi connectivity index (χ4n) is 3.65. The Morgan fingerprint density at radius 3 is 2.39 bits per heavy atom. The predicted molar refractivity (Wildman–Crippen MR) is 108 cm³/mol. The van der Waals surface area contributed by atoms with E-state index in [2.05, 4.69) is 27.7 Å². The summed E-state index contributed by atoms with van der Waals surface area (Å²) in [6.45, 7) is 6.43. The van der Waals surface area contributed by atoms with Crippen molar-refractivity contribution < 1.29 is 14.0 Å². The number of likely N-dealkylation sites (tertiary alicyclic amines) is 1. The highest BCUT2D eigenvalue weighted by Crippen LogP contribution is 2.24. The minimum atomic E-state index is -0.618. The van der Waals surface area contributed by atoms with Gasteiger partial charge in [0, 0.05) is 6.54 Å². The maximum Gasteiger partial charge on any atom is 0.287 e. The minimum Gasteiger partial charge on any atom is -0.459 e. The Hall–Kier alpha value is -2.60. The van der Waals surface area contributed by atoms with Gasteiger partial charge in [-0.25, -0.2) is 0 Å². The van der Waals surface area contributed by atoms with Crippen molar-refractivity contribution in [3.8, 4) is 0 Å². The first-order chi connectivity index (χ1) is 13.6. The lowest BCUT2D eigenvalue weighted by Crippen LogP contribution is -2.51. The molecule has 0 radical (unpaired) electrons. The lowest BCUT2D eigenvalue weighted by atomic mass is 10.0. The molecule has 1 saturated heterocycles. The van der Waals surface area contributed by atoms with Gasteiger partial charge in [0.05, 0.1) is 12.3 Å². The Balaban J connectivity index is 1.65. The van der Waals surface area contributed by atoms with Crippen LogP contribution in [0.3, 0.4) is 0 Å². The molecule has 2 heterocycles. The van der Waals surface area contributed by atoms with Crippen molar-refractivity contribution in [1.82, 2.24) is 15.5 Å². The molecular formula is C22H29N3O3. The molecule has 150 valence electrons. The average molecular weight is 383 g/mol. The van der Waals surface area contributed by atoms with Gasteiger partial charge in [0.2, 0.25) is 5.91 Å². The van der Waals surface area contributed by atoms with Crippen LogP contribution in [0.1, 0.15) is 48.8 Å². The third-order valence-corrected chi connectivity index (χ3v) is 5.22. The third-order valence-electron chi connectivity index (χ3n) is 5.22. The van der Waals surface area contributed by atoms with E-state index in [1.807, 2.05) is 32.0 Å². The van der Waals surface area contributed by atoms with Crippen molar-refractivity contribution in [3.05, 3.63) is 60.1 Å². The number of hydrogen-bond donors (Lipinski definition) is 2. The molecule has 2 aromatic rings. The molecular weight excluding hydrogens is 354 g/mol. The van der Waals surface area contributed by atoms with E-state index in [9.17, 15) is 9.59 Å². The SMILES string of the molecule is CC(C)C(NC(=O)c1ccco1)C(=O)NCC(c1ccccc1)N1CCCC1. The van der Waals surface area contributed by atoms with Crippen molar-refractivity contribution in [2.24, 2.45) is 5.92 Å². The molecule has 2 unspecified atom stereocenters. The predicted octanol–water partition coefficient (Wildman–Crippen LogP) is 2.99. The summed E-state index contributed by atoms with van der Waals surface area (Å²) in [5, 5.41) is 5.86. The fraction of sp³-hybridized carbons (Fsp3) is 0.455. The number of furan rings is 1. The summed E-state index contributed by atoms with van der Waals surface area (Å²) < 4.78 is 5.13. The molecule has 3 rings (SSSR count). The zero-order valence-corrected chi connectivity index (χ0v) is 16.6. The zero-order valence-electron chi connectivity index (χ0n) is 16.6. The zero-order chi connectivity index (χ0) is 19.9. The number of nitrogens with zero attached hydrogens (tertiary/aromatic N) is 1. The Morgan fingerprint density at radius 1 is 1.07 bits per heavy atom. The Labute approximate surface area is 166 Å². The highest BCUT2D eigenvalue weighted by atomic mass is 16.3. The first-order valence-electron chi connectivity index (χ1n) is 9.97. The van der Waals surface area contributed by atoms with Gasteiger partial charge < -0.3 is 15.1 Å². The summed E-state index contributed by atoms with van der Waals surface area (Å²) in [4.78, 5) is 27.6. The van der Waals surface area contributed by atoms with E-state index in [1.165, 1.54) is 24.7 Å². The number of carbonyl (C=O) groups is 2. The van der Waals surface area contributed by atoms with Crippen LogP contribution in [0.5, 0.6) is 0 Å². The van der Waals surface area contributed by atoms with Crippen LogP contribution >= 0.6 is 0 Å². The van der Waals surface area contributed by atoms with Crippen LogP contribution in [0.25, 0.3) is 0 Å². The number of benzene rings is 1. The minimum absolute atomic E-state index is 0.0409. The molecule has 1 aliphatic rings. The Bertz CT molecular complexity index is 753. The van der Waals surface area contributed by atoms with Crippen LogP contribution in [0.15, 0.2) is 53.1 Å². The van der Waals surface area contributed by atoms with E-state index in [4.69, 9.17) is 4.42 Å². The summed E-state index contributed by atoms with van der Waals surface area (Å²) in [7, 11) is 0. The van der Waals surface area contributed by atoms with Crippen LogP contribution in [-0.2, 0) is 4.79 Å². The summed E-state index contributed by atoms with van der Waals surface area (Å²) in [6.07, 6.45) is 3.82. The normalized spacial score (nSPS) is 16.7. The number of amides is 2. The maximum absolute atomic E-state index is 12.9. The molecule has 0 aliphatic carbocycles. The molecule has 2 amide bonds. The van der Waals surface area contributed by atoms with Gasteiger partial charge >= 0.3 is 0 Å². The molecule has 28 heavy (non-hydrogen) atoms. The van der Waals surface area contributed by atoms with Crippen LogP contribution in [-0.4, -0.2) is 42.4 Å². The second-order valence-electron chi connectivity index (χ2n) is 7.59. The topological polar surface area (TPSA) is 74.6 Å². The van der Waals surface area contributed by atoms with E-state index in [0.29, 0.717) is 6.54 Å². The van der Waals surface area contributed by atoms with Crippen molar-refractivity contribution in [3.63, 3.8) is 0 Å². The molecule has 0 spiro atoms. The van der Waals surface area contributed by atoms with Crippen molar-refractivity contribution in [1.29, 1.82) is 0 Å². The molecule has 1 aromatic heterocycles. The standard InChI is InChI=1S/C22H29N3O3/c1-16(2)20(24-21(26)19-11-8-14-28-19)22(27)23-15-18(25-12-6-7-13-25)17-9-4-3-5-10-17/h3-5,8-11,14,16,18,20H,6-7,12-13,15H2,1-2H3,(H,23,27)(H,24,26). The average Bonchev–Trinajstić information content (AvgIpc) is 3.40. The lowest BCUT2D eigenvalue weighted by molar-refractivity contribution is -0.124. The van der Waals surface area contributed by atoms with Gasteiger partial charge in [-0.1, -0.05) is 44.2 Å². The van der Waals surface area contributed by atoms with E-state index < -0.39 is 6.04 Å². The smallest absolute Gasteiger partial charge is 0.287 e. The maximum atomic E-state index is 12.9. The van der Waals surface area contributed by atoms with Gasteiger partial charge in [-0.2, -0.15) is 0 Å². The van der Waals surface area contributed by atoms with Crippen LogP contribution in [0.2, 0.25) is 0 Å². The van der Waals surface area contributed by atoms with E-state index in [1.54, 1.807) is 12.1 Å². The third kappa shape index (κ3) is 5.01.